The highest BCUT2D eigenvalue weighted by molar-refractivity contribution is 5.66. The smallest absolute Gasteiger partial charge is 0.303 e. The topological polar surface area (TPSA) is 37.3 Å². The number of aryl methyl sites for hydroxylation is 2. The monoisotopic (exact) mass is 234 g/mol. The Morgan fingerprint density at radius 1 is 1.00 bits per heavy atom. The normalized spacial score (nSPS) is 10.4. The molecule has 1 rings (SSSR count). The Bertz CT molecular complexity index is 327. The SMILES string of the molecule is Cc1ccc(CCCCCCCC(=O)O)cc1. The molecule has 0 unspecified atom stereocenters. The molecule has 0 aliphatic heterocycles. The third-order valence-electron chi connectivity index (χ3n) is 2.98. The molecule has 17 heavy (non-hydrogen) atoms. The number of hydrogen-bond donors (Lipinski definition) is 1. The van der Waals surface area contributed by atoms with E-state index in [1.165, 1.54) is 24.0 Å². The molecule has 1 aromatic rings. The number of benzene rings is 1. The van der Waals surface area contributed by atoms with Gasteiger partial charge in [0, 0.05) is 6.42 Å². The van der Waals surface area contributed by atoms with Crippen LogP contribution in [0, 0.1) is 6.92 Å². The molecule has 0 fully saturated rings. The highest BCUT2D eigenvalue weighted by atomic mass is 16.4. The molecule has 0 aliphatic carbocycles. The molecule has 0 bridgehead atoms. The van der Waals surface area contributed by atoms with Crippen LogP contribution in [0.25, 0.3) is 0 Å². The second-order valence-electron chi connectivity index (χ2n) is 4.65. The number of carboxylic acid groups (broad SMARTS) is 1. The molecular weight excluding hydrogens is 212 g/mol. The van der Waals surface area contributed by atoms with Crippen LogP contribution in [0.5, 0.6) is 0 Å². The van der Waals surface area contributed by atoms with Crippen LogP contribution < -0.4 is 0 Å². The lowest BCUT2D eigenvalue weighted by Gasteiger charge is -2.02. The highest BCUT2D eigenvalue weighted by Crippen LogP contribution is 2.10. The molecule has 2 heteroatoms. The zero-order valence-electron chi connectivity index (χ0n) is 10.6. The van der Waals surface area contributed by atoms with Gasteiger partial charge in [0.2, 0.25) is 0 Å². The molecule has 0 aromatic heterocycles. The molecule has 0 heterocycles. The van der Waals surface area contributed by atoms with E-state index in [2.05, 4.69) is 31.2 Å². The quantitative estimate of drug-likeness (QED) is 0.691. The van der Waals surface area contributed by atoms with Crippen LogP contribution in [-0.2, 0) is 11.2 Å². The summed E-state index contributed by atoms with van der Waals surface area (Å²) in [4.78, 5) is 10.3. The fraction of sp³-hybridized carbons (Fsp3) is 0.533. The summed E-state index contributed by atoms with van der Waals surface area (Å²) in [5, 5.41) is 8.49. The summed E-state index contributed by atoms with van der Waals surface area (Å²) in [6.45, 7) is 2.10. The number of hydrogen-bond acceptors (Lipinski definition) is 1. The Morgan fingerprint density at radius 2 is 1.59 bits per heavy atom. The Hall–Kier alpha value is -1.31. The maximum Gasteiger partial charge on any atom is 0.303 e. The van der Waals surface area contributed by atoms with Crippen LogP contribution in [0.3, 0.4) is 0 Å². The summed E-state index contributed by atoms with van der Waals surface area (Å²) in [6, 6.07) is 8.70. The van der Waals surface area contributed by atoms with Crippen molar-refractivity contribution in [3.63, 3.8) is 0 Å². The second kappa shape index (κ2) is 7.88. The van der Waals surface area contributed by atoms with E-state index in [4.69, 9.17) is 5.11 Å². The zero-order chi connectivity index (χ0) is 12.5. The average molecular weight is 234 g/mol. The minimum absolute atomic E-state index is 0.317. The molecule has 0 spiro atoms. The molecule has 0 saturated heterocycles. The van der Waals surface area contributed by atoms with Crippen LogP contribution in [0.4, 0.5) is 0 Å². The van der Waals surface area contributed by atoms with Gasteiger partial charge in [-0.25, -0.2) is 0 Å². The molecule has 0 saturated carbocycles. The number of aliphatic carboxylic acids is 1. The first-order valence-electron chi connectivity index (χ1n) is 6.46. The summed E-state index contributed by atoms with van der Waals surface area (Å²) in [6.07, 6.45) is 6.88. The minimum Gasteiger partial charge on any atom is -0.481 e. The van der Waals surface area contributed by atoms with Crippen molar-refractivity contribution in [3.8, 4) is 0 Å². The third-order valence-corrected chi connectivity index (χ3v) is 2.98. The van der Waals surface area contributed by atoms with Crippen LogP contribution in [0.1, 0.15) is 49.7 Å². The summed E-state index contributed by atoms with van der Waals surface area (Å²) < 4.78 is 0. The van der Waals surface area contributed by atoms with E-state index in [-0.39, 0.29) is 0 Å². The number of carboxylic acids is 1. The molecule has 0 amide bonds. The molecule has 1 N–H and O–H groups in total. The average Bonchev–Trinajstić information content (AvgIpc) is 2.30. The number of rotatable bonds is 8. The Morgan fingerprint density at radius 3 is 2.24 bits per heavy atom. The van der Waals surface area contributed by atoms with Crippen molar-refractivity contribution < 1.29 is 9.90 Å². The summed E-state index contributed by atoms with van der Waals surface area (Å²) in [5.74, 6) is -0.676. The van der Waals surface area contributed by atoms with Gasteiger partial charge < -0.3 is 5.11 Å². The van der Waals surface area contributed by atoms with Crippen molar-refractivity contribution in [2.75, 3.05) is 0 Å². The van der Waals surface area contributed by atoms with Gasteiger partial charge in [-0.1, -0.05) is 49.1 Å². The van der Waals surface area contributed by atoms with Gasteiger partial charge in [-0.15, -0.1) is 0 Å². The van der Waals surface area contributed by atoms with E-state index in [1.54, 1.807) is 0 Å². The Labute approximate surface area is 104 Å². The molecule has 94 valence electrons. The largest absolute Gasteiger partial charge is 0.481 e. The van der Waals surface area contributed by atoms with Crippen molar-refractivity contribution in [2.24, 2.45) is 0 Å². The van der Waals surface area contributed by atoms with Crippen molar-refractivity contribution >= 4 is 5.97 Å². The molecule has 2 nitrogen and oxygen atoms in total. The summed E-state index contributed by atoms with van der Waals surface area (Å²) in [5.41, 5.74) is 2.71. The molecular formula is C15H22O2. The first-order valence-corrected chi connectivity index (χ1v) is 6.46. The zero-order valence-corrected chi connectivity index (χ0v) is 10.6. The van der Waals surface area contributed by atoms with E-state index in [9.17, 15) is 4.79 Å². The fourth-order valence-electron chi connectivity index (χ4n) is 1.89. The van der Waals surface area contributed by atoms with Gasteiger partial charge in [0.25, 0.3) is 0 Å². The van der Waals surface area contributed by atoms with Gasteiger partial charge in [0.15, 0.2) is 0 Å². The van der Waals surface area contributed by atoms with Gasteiger partial charge in [-0.2, -0.15) is 0 Å². The van der Waals surface area contributed by atoms with Crippen LogP contribution in [-0.4, -0.2) is 11.1 Å². The van der Waals surface area contributed by atoms with E-state index in [1.807, 2.05) is 0 Å². The van der Waals surface area contributed by atoms with Crippen molar-refractivity contribution in [1.29, 1.82) is 0 Å². The highest BCUT2D eigenvalue weighted by Gasteiger charge is 1.97. The lowest BCUT2D eigenvalue weighted by atomic mass is 10.0. The van der Waals surface area contributed by atoms with Crippen molar-refractivity contribution in [2.45, 2.75) is 51.9 Å². The van der Waals surface area contributed by atoms with Gasteiger partial charge >= 0.3 is 5.97 Å². The first kappa shape index (κ1) is 13.8. The Kier molecular flexibility index (Phi) is 6.38. The van der Waals surface area contributed by atoms with Gasteiger partial charge in [0.05, 0.1) is 0 Å². The third kappa shape index (κ3) is 6.77. The lowest BCUT2D eigenvalue weighted by Crippen LogP contribution is -1.93. The van der Waals surface area contributed by atoms with Gasteiger partial charge in [0.1, 0.15) is 0 Å². The second-order valence-corrected chi connectivity index (χ2v) is 4.65. The van der Waals surface area contributed by atoms with Crippen molar-refractivity contribution in [3.05, 3.63) is 35.4 Å². The first-order chi connectivity index (χ1) is 8.18. The van der Waals surface area contributed by atoms with Gasteiger partial charge in [-0.05, 0) is 31.7 Å². The predicted molar refractivity (Wildman–Crippen MR) is 70.2 cm³/mol. The van der Waals surface area contributed by atoms with Crippen LogP contribution in [0.15, 0.2) is 24.3 Å². The maximum absolute atomic E-state index is 10.3. The Balaban J connectivity index is 2.01. The summed E-state index contributed by atoms with van der Waals surface area (Å²) in [7, 11) is 0. The number of unbranched alkanes of at least 4 members (excludes halogenated alkanes) is 4. The fourth-order valence-corrected chi connectivity index (χ4v) is 1.89. The van der Waals surface area contributed by atoms with Gasteiger partial charge in [-0.3, -0.25) is 4.79 Å². The van der Waals surface area contributed by atoms with E-state index < -0.39 is 5.97 Å². The van der Waals surface area contributed by atoms with Crippen molar-refractivity contribution in [1.82, 2.24) is 0 Å². The van der Waals surface area contributed by atoms with E-state index >= 15 is 0 Å². The standard InChI is InChI=1S/C15H22O2/c1-13-9-11-14(12-10-13)7-5-3-2-4-6-8-15(16)17/h9-12H,2-8H2,1H3,(H,16,17). The minimum atomic E-state index is -0.676. The van der Waals surface area contributed by atoms with Crippen LogP contribution in [0.2, 0.25) is 0 Å². The lowest BCUT2D eigenvalue weighted by molar-refractivity contribution is -0.137. The molecule has 1 aromatic carbocycles. The summed E-state index contributed by atoms with van der Waals surface area (Å²) >= 11 is 0. The maximum atomic E-state index is 10.3. The molecule has 0 aliphatic rings. The molecule has 0 atom stereocenters. The van der Waals surface area contributed by atoms with Crippen LogP contribution >= 0.6 is 0 Å². The number of carbonyl (C=O) groups is 1. The predicted octanol–water partition coefficient (Wildman–Crippen LogP) is 3.96. The van der Waals surface area contributed by atoms with E-state index in [0.717, 1.165) is 25.7 Å². The molecule has 0 radical (unpaired) electrons. The van der Waals surface area contributed by atoms with E-state index in [0.29, 0.717) is 6.42 Å².